The number of hydrogen-bond donors (Lipinski definition) is 2. The van der Waals surface area contributed by atoms with Gasteiger partial charge in [-0.1, -0.05) is 44.4 Å². The van der Waals surface area contributed by atoms with Crippen molar-refractivity contribution in [2.45, 2.75) is 65.0 Å². The van der Waals surface area contributed by atoms with Crippen molar-refractivity contribution in [3.05, 3.63) is 62.9 Å². The van der Waals surface area contributed by atoms with Crippen LogP contribution in [0.5, 0.6) is 5.75 Å². The van der Waals surface area contributed by atoms with Crippen molar-refractivity contribution in [2.75, 3.05) is 19.8 Å². The fraction of sp³-hybridized carbons (Fsp3) is 0.542. The van der Waals surface area contributed by atoms with Gasteiger partial charge in [-0.15, -0.1) is 0 Å². The van der Waals surface area contributed by atoms with Gasteiger partial charge in [0.05, 0.1) is 13.2 Å². The van der Waals surface area contributed by atoms with Gasteiger partial charge >= 0.3 is 19.4 Å². The first-order chi connectivity index (χ1) is 17.7. The second-order valence-electron chi connectivity index (χ2n) is 8.61. The van der Waals surface area contributed by atoms with E-state index in [0.717, 1.165) is 25.7 Å². The van der Waals surface area contributed by atoms with Crippen LogP contribution in [-0.4, -0.2) is 47.7 Å². The normalized spacial score (nSPS) is 19.8. The van der Waals surface area contributed by atoms with Gasteiger partial charge in [0.2, 0.25) is 0 Å². The third-order valence-corrected chi connectivity index (χ3v) is 7.13. The van der Waals surface area contributed by atoms with Crippen molar-refractivity contribution in [3.8, 4) is 5.75 Å². The minimum atomic E-state index is -4.10. The van der Waals surface area contributed by atoms with Gasteiger partial charge < -0.3 is 18.7 Å². The number of rotatable bonds is 14. The Morgan fingerprint density at radius 1 is 1.24 bits per heavy atom. The third kappa shape index (κ3) is 8.65. The second kappa shape index (κ2) is 13.7. The average molecular weight is 540 g/mol. The summed E-state index contributed by atoms with van der Waals surface area (Å²) in [4.78, 5) is 38.4. The molecule has 2 heterocycles. The molecule has 37 heavy (non-hydrogen) atoms. The van der Waals surface area contributed by atoms with Gasteiger partial charge in [0, 0.05) is 11.8 Å². The van der Waals surface area contributed by atoms with Crippen molar-refractivity contribution in [1.82, 2.24) is 14.6 Å². The number of nitrogens with one attached hydrogen (secondary N) is 2. The summed E-state index contributed by atoms with van der Waals surface area (Å²) in [5.74, 6) is -0.321. The zero-order valence-corrected chi connectivity index (χ0v) is 22.1. The molecule has 1 saturated heterocycles. The summed E-state index contributed by atoms with van der Waals surface area (Å²) in [5.41, 5.74) is -0.801. The number of carbonyl (C=O) groups is 1. The zero-order valence-electron chi connectivity index (χ0n) is 21.2. The standard InChI is InChI=1S/C24H34N3O9P/c1-4-5-6-10-13-32-23(29)18(3)26-37(31,36-19-11-8-7-9-12-19)34-16-21-33-15-20(35-21)27-14-17(2)22(28)25-24(27)30/h7-9,11-12,14,18,20-21H,4-6,10,13,15-16H2,1-3H3,(H,26,31)(H,25,28,30)/t18?,20-,21-,37?/m1/s1. The van der Waals surface area contributed by atoms with Crippen molar-refractivity contribution < 1.29 is 32.6 Å². The van der Waals surface area contributed by atoms with E-state index in [1.54, 1.807) is 37.3 Å². The van der Waals surface area contributed by atoms with Crippen LogP contribution in [0.15, 0.2) is 46.1 Å². The molecule has 0 bridgehead atoms. The third-order valence-electron chi connectivity index (χ3n) is 5.49. The molecule has 4 atom stereocenters. The topological polar surface area (TPSA) is 147 Å². The number of ether oxygens (including phenoxy) is 3. The number of aryl methyl sites for hydroxylation is 1. The molecule has 0 spiro atoms. The summed E-state index contributed by atoms with van der Waals surface area (Å²) in [7, 11) is -4.10. The van der Waals surface area contributed by atoms with Gasteiger partial charge in [-0.25, -0.2) is 9.36 Å². The molecule has 0 radical (unpaired) electrons. The first-order valence-electron chi connectivity index (χ1n) is 12.2. The second-order valence-corrected chi connectivity index (χ2v) is 10.3. The van der Waals surface area contributed by atoms with Gasteiger partial charge in [-0.05, 0) is 32.4 Å². The highest BCUT2D eigenvalue weighted by Gasteiger charge is 2.36. The minimum absolute atomic E-state index is 0.00253. The van der Waals surface area contributed by atoms with Gasteiger partial charge in [0.25, 0.3) is 5.56 Å². The largest absolute Gasteiger partial charge is 0.465 e. The Morgan fingerprint density at radius 2 is 2.00 bits per heavy atom. The molecule has 204 valence electrons. The molecule has 0 amide bonds. The first-order valence-corrected chi connectivity index (χ1v) is 13.8. The number of hydrogen-bond acceptors (Lipinski definition) is 9. The number of esters is 1. The minimum Gasteiger partial charge on any atom is -0.465 e. The molecular weight excluding hydrogens is 505 g/mol. The highest BCUT2D eigenvalue weighted by atomic mass is 31.2. The number of unbranched alkanes of at least 4 members (excludes halogenated alkanes) is 3. The molecule has 2 N–H and O–H groups in total. The van der Waals surface area contributed by atoms with Crippen molar-refractivity contribution >= 4 is 13.7 Å². The van der Waals surface area contributed by atoms with Crippen molar-refractivity contribution in [1.29, 1.82) is 0 Å². The van der Waals surface area contributed by atoms with E-state index >= 15 is 0 Å². The lowest BCUT2D eigenvalue weighted by molar-refractivity contribution is -0.145. The molecule has 1 aliphatic rings. The number of aromatic nitrogens is 2. The van der Waals surface area contributed by atoms with E-state index in [1.807, 2.05) is 0 Å². The fourth-order valence-electron chi connectivity index (χ4n) is 3.46. The highest BCUT2D eigenvalue weighted by molar-refractivity contribution is 7.52. The molecule has 3 rings (SSSR count). The predicted molar refractivity (Wildman–Crippen MR) is 134 cm³/mol. The Kier molecular flexibility index (Phi) is 10.7. The van der Waals surface area contributed by atoms with Crippen LogP contribution in [0.1, 0.15) is 51.3 Å². The number of para-hydroxylation sites is 1. The highest BCUT2D eigenvalue weighted by Crippen LogP contribution is 2.45. The van der Waals surface area contributed by atoms with E-state index in [9.17, 15) is 18.9 Å². The van der Waals surface area contributed by atoms with Gasteiger partial charge in [0.15, 0.2) is 12.5 Å². The van der Waals surface area contributed by atoms with Gasteiger partial charge in [-0.3, -0.25) is 23.7 Å². The summed E-state index contributed by atoms with van der Waals surface area (Å²) in [6.07, 6.45) is 3.40. The molecule has 1 fully saturated rings. The molecule has 2 aromatic rings. The lowest BCUT2D eigenvalue weighted by atomic mass is 10.2. The fourth-order valence-corrected chi connectivity index (χ4v) is 4.94. The van der Waals surface area contributed by atoms with Crippen LogP contribution in [0, 0.1) is 6.92 Å². The zero-order chi connectivity index (χ0) is 26.8. The van der Waals surface area contributed by atoms with E-state index < -0.39 is 43.5 Å². The summed E-state index contributed by atoms with van der Waals surface area (Å²) in [6, 6.07) is 7.37. The van der Waals surface area contributed by atoms with E-state index in [0.29, 0.717) is 5.56 Å². The number of H-pyrrole nitrogens is 1. The molecule has 2 unspecified atom stereocenters. The van der Waals surface area contributed by atoms with E-state index in [4.69, 9.17) is 23.3 Å². The lowest BCUT2D eigenvalue weighted by Gasteiger charge is -2.24. The molecule has 13 heteroatoms. The number of nitrogens with zero attached hydrogens (tertiary/aromatic N) is 1. The molecule has 0 aliphatic carbocycles. The lowest BCUT2D eigenvalue weighted by Crippen LogP contribution is -2.36. The monoisotopic (exact) mass is 539 g/mol. The van der Waals surface area contributed by atoms with Gasteiger partial charge in [0.1, 0.15) is 18.4 Å². The molecule has 12 nitrogen and oxygen atoms in total. The van der Waals surface area contributed by atoms with E-state index in [1.165, 1.54) is 17.7 Å². The van der Waals surface area contributed by atoms with E-state index in [2.05, 4.69) is 17.0 Å². The van der Waals surface area contributed by atoms with Crippen LogP contribution in [0.4, 0.5) is 0 Å². The number of carbonyl (C=O) groups excluding carboxylic acids is 1. The van der Waals surface area contributed by atoms with E-state index in [-0.39, 0.29) is 25.6 Å². The molecular formula is C24H34N3O9P. The van der Waals surface area contributed by atoms with Crippen LogP contribution in [-0.2, 0) is 28.1 Å². The van der Waals surface area contributed by atoms with Crippen LogP contribution in [0.2, 0.25) is 0 Å². The van der Waals surface area contributed by atoms with Crippen molar-refractivity contribution in [3.63, 3.8) is 0 Å². The summed E-state index contributed by atoms with van der Waals surface area (Å²) >= 11 is 0. The predicted octanol–water partition coefficient (Wildman–Crippen LogP) is 3.02. The maximum atomic E-state index is 13.6. The SMILES string of the molecule is CCCCCCOC(=O)C(C)NP(=O)(OC[C@@H]1OC[C@H](n2cc(C)c(=O)[nH]c2=O)O1)Oc1ccccc1. The Labute approximate surface area is 214 Å². The Hall–Kier alpha value is -2.76. The molecule has 0 saturated carbocycles. The Balaban J connectivity index is 1.62. The summed E-state index contributed by atoms with van der Waals surface area (Å²) in [5, 5.41) is 2.61. The average Bonchev–Trinajstić information content (AvgIpc) is 3.34. The van der Waals surface area contributed by atoms with Crippen LogP contribution in [0.25, 0.3) is 0 Å². The maximum Gasteiger partial charge on any atom is 0.459 e. The smallest absolute Gasteiger partial charge is 0.459 e. The Morgan fingerprint density at radius 3 is 2.73 bits per heavy atom. The summed E-state index contributed by atoms with van der Waals surface area (Å²) < 4.78 is 42.5. The van der Waals surface area contributed by atoms with Crippen LogP contribution < -0.4 is 20.9 Å². The summed E-state index contributed by atoms with van der Waals surface area (Å²) in [6.45, 7) is 5.09. The number of aromatic amines is 1. The molecule has 1 aromatic heterocycles. The molecule has 1 aromatic carbocycles. The maximum absolute atomic E-state index is 13.6. The van der Waals surface area contributed by atoms with Crippen LogP contribution >= 0.6 is 7.75 Å². The first kappa shape index (κ1) is 28.8. The quantitative estimate of drug-likeness (QED) is 0.209. The van der Waals surface area contributed by atoms with Crippen molar-refractivity contribution in [2.24, 2.45) is 0 Å². The number of benzene rings is 1. The molecule has 1 aliphatic heterocycles. The van der Waals surface area contributed by atoms with Gasteiger partial charge in [-0.2, -0.15) is 5.09 Å². The van der Waals surface area contributed by atoms with Crippen LogP contribution in [0.3, 0.4) is 0 Å². The Bertz CT molecular complexity index is 1180.